The Bertz CT molecular complexity index is 1320. The Labute approximate surface area is 209 Å². The number of fused-ring (bicyclic) bond motifs is 1. The fourth-order valence-corrected chi connectivity index (χ4v) is 5.26. The molecule has 1 saturated heterocycles. The number of rotatable bonds is 7. The van der Waals surface area contributed by atoms with Gasteiger partial charge in [0.25, 0.3) is 11.4 Å². The van der Waals surface area contributed by atoms with E-state index in [4.69, 9.17) is 6.57 Å². The average molecular weight is 496 g/mol. The minimum absolute atomic E-state index is 0.114. The lowest BCUT2D eigenvalue weighted by molar-refractivity contribution is -0.0498. The Morgan fingerprint density at radius 1 is 1.17 bits per heavy atom. The second kappa shape index (κ2) is 10.6. The van der Waals surface area contributed by atoms with E-state index in [1.165, 1.54) is 0 Å². The summed E-state index contributed by atoms with van der Waals surface area (Å²) >= 11 is 0. The maximum atomic E-state index is 12.8. The molecule has 3 atom stereocenters. The van der Waals surface area contributed by atoms with Gasteiger partial charge in [0.05, 0.1) is 11.2 Å². The molecular weight excluding hydrogens is 464 g/mol. The SMILES string of the molecule is [C-]#[N+]c1ccc2c(n1)c(N1C[C@@H](C)N(C(CC)c3ccc(OC(F)F)cc3)C[C@@H]1CC)cc(=O)n2C. The summed E-state index contributed by atoms with van der Waals surface area (Å²) in [6.45, 7) is 12.4. The number of hydrogen-bond donors (Lipinski definition) is 0. The van der Waals surface area contributed by atoms with Crippen molar-refractivity contribution in [1.82, 2.24) is 14.5 Å². The molecule has 0 aliphatic carbocycles. The van der Waals surface area contributed by atoms with Gasteiger partial charge in [0.15, 0.2) is 0 Å². The predicted octanol–water partition coefficient (Wildman–Crippen LogP) is 5.53. The normalized spacial score (nSPS) is 19.4. The summed E-state index contributed by atoms with van der Waals surface area (Å²) < 4.78 is 31.2. The van der Waals surface area contributed by atoms with Crippen molar-refractivity contribution in [3.05, 3.63) is 69.8 Å². The number of pyridine rings is 2. The van der Waals surface area contributed by atoms with Crippen LogP contribution in [0.5, 0.6) is 5.75 Å². The van der Waals surface area contributed by atoms with Gasteiger partial charge in [-0.15, -0.1) is 4.98 Å². The van der Waals surface area contributed by atoms with Gasteiger partial charge in [-0.1, -0.05) is 32.6 Å². The summed E-state index contributed by atoms with van der Waals surface area (Å²) in [7, 11) is 1.72. The number of anilines is 1. The number of ether oxygens (including phenoxy) is 1. The Hall–Kier alpha value is -3.51. The molecule has 0 amide bonds. The lowest BCUT2D eigenvalue weighted by Crippen LogP contribution is -2.58. The second-order valence-electron chi connectivity index (χ2n) is 9.21. The fraction of sp³-hybridized carbons (Fsp3) is 0.444. The Balaban J connectivity index is 1.67. The van der Waals surface area contributed by atoms with Crippen LogP contribution in [-0.4, -0.2) is 46.2 Å². The number of piperazine rings is 1. The summed E-state index contributed by atoms with van der Waals surface area (Å²) in [5, 5.41) is 0. The van der Waals surface area contributed by atoms with Crippen LogP contribution in [0.3, 0.4) is 0 Å². The van der Waals surface area contributed by atoms with Crippen LogP contribution in [-0.2, 0) is 7.05 Å². The zero-order valence-electron chi connectivity index (χ0n) is 21.0. The molecule has 1 aromatic carbocycles. The molecule has 9 heteroatoms. The number of alkyl halides is 2. The summed E-state index contributed by atoms with van der Waals surface area (Å²) in [6, 6.07) is 12.4. The molecule has 190 valence electrons. The van der Waals surface area contributed by atoms with Gasteiger partial charge in [-0.3, -0.25) is 9.69 Å². The smallest absolute Gasteiger partial charge is 0.387 e. The summed E-state index contributed by atoms with van der Waals surface area (Å²) in [5.74, 6) is 0.448. The predicted molar refractivity (Wildman–Crippen MR) is 137 cm³/mol. The largest absolute Gasteiger partial charge is 0.435 e. The lowest BCUT2D eigenvalue weighted by Gasteiger charge is -2.49. The first-order valence-corrected chi connectivity index (χ1v) is 12.2. The summed E-state index contributed by atoms with van der Waals surface area (Å²) in [4.78, 5) is 25.6. The van der Waals surface area contributed by atoms with E-state index in [0.717, 1.165) is 30.6 Å². The van der Waals surface area contributed by atoms with Gasteiger partial charge in [-0.2, -0.15) is 8.78 Å². The number of benzene rings is 1. The lowest BCUT2D eigenvalue weighted by atomic mass is 9.96. The van der Waals surface area contributed by atoms with Crippen LogP contribution in [0.4, 0.5) is 20.3 Å². The topological polar surface area (TPSA) is 55.0 Å². The van der Waals surface area contributed by atoms with E-state index in [1.807, 2.05) is 12.1 Å². The van der Waals surface area contributed by atoms with Gasteiger partial charge >= 0.3 is 6.61 Å². The number of nitrogens with zero attached hydrogens (tertiary/aromatic N) is 5. The van der Waals surface area contributed by atoms with Crippen LogP contribution in [0.25, 0.3) is 15.9 Å². The highest BCUT2D eigenvalue weighted by Gasteiger charge is 2.36. The molecule has 1 fully saturated rings. The molecule has 1 aliphatic rings. The molecular formula is C27H31F2N5O2. The fourth-order valence-electron chi connectivity index (χ4n) is 5.26. The van der Waals surface area contributed by atoms with Crippen molar-refractivity contribution < 1.29 is 13.5 Å². The van der Waals surface area contributed by atoms with E-state index in [0.29, 0.717) is 23.4 Å². The van der Waals surface area contributed by atoms with Crippen molar-refractivity contribution in [1.29, 1.82) is 0 Å². The van der Waals surface area contributed by atoms with Crippen LogP contribution < -0.4 is 15.2 Å². The highest BCUT2D eigenvalue weighted by atomic mass is 19.3. The highest BCUT2D eigenvalue weighted by molar-refractivity contribution is 5.89. The van der Waals surface area contributed by atoms with Crippen molar-refractivity contribution in [2.24, 2.45) is 7.05 Å². The number of hydrogen-bond acceptors (Lipinski definition) is 5. The van der Waals surface area contributed by atoms with Gasteiger partial charge in [-0.05, 0) is 49.6 Å². The molecule has 0 saturated carbocycles. The molecule has 0 spiro atoms. The van der Waals surface area contributed by atoms with E-state index in [2.05, 4.69) is 45.1 Å². The van der Waals surface area contributed by atoms with Crippen LogP contribution in [0.2, 0.25) is 0 Å². The van der Waals surface area contributed by atoms with Crippen molar-refractivity contribution in [2.75, 3.05) is 18.0 Å². The Morgan fingerprint density at radius 2 is 1.89 bits per heavy atom. The van der Waals surface area contributed by atoms with Crippen molar-refractivity contribution in [3.63, 3.8) is 0 Å². The molecule has 4 rings (SSSR count). The third-order valence-electron chi connectivity index (χ3n) is 7.12. The standard InChI is InChI=1S/C27H31F2N5O2/c1-6-19-16-33(21(7-2)18-8-10-20(11-9-18)36-27(28)29)17(3)15-34(19)23-14-25(35)32(5)22-12-13-24(30-4)31-26(22)23/h8-14,17,19,21,27H,6-7,15-16H2,1-3,5H3/t17-,19+,21?/m1/s1. The summed E-state index contributed by atoms with van der Waals surface area (Å²) in [5.41, 5.74) is 3.06. The molecule has 3 aromatic rings. The zero-order valence-corrected chi connectivity index (χ0v) is 21.0. The van der Waals surface area contributed by atoms with Crippen molar-refractivity contribution in [3.8, 4) is 5.75 Å². The monoisotopic (exact) mass is 495 g/mol. The minimum Gasteiger partial charge on any atom is -0.435 e. The molecule has 36 heavy (non-hydrogen) atoms. The Morgan fingerprint density at radius 3 is 2.50 bits per heavy atom. The van der Waals surface area contributed by atoms with Gasteiger partial charge < -0.3 is 19.0 Å². The summed E-state index contributed by atoms with van der Waals surface area (Å²) in [6.07, 6.45) is 1.72. The molecule has 7 nitrogen and oxygen atoms in total. The van der Waals surface area contributed by atoms with E-state index >= 15 is 0 Å². The first-order chi connectivity index (χ1) is 17.3. The van der Waals surface area contributed by atoms with Gasteiger partial charge in [0.1, 0.15) is 5.75 Å². The van der Waals surface area contributed by atoms with E-state index in [-0.39, 0.29) is 29.4 Å². The van der Waals surface area contributed by atoms with E-state index in [1.54, 1.807) is 41.9 Å². The van der Waals surface area contributed by atoms with Gasteiger partial charge in [0, 0.05) is 44.3 Å². The molecule has 2 aromatic heterocycles. The molecule has 0 N–H and O–H groups in total. The van der Waals surface area contributed by atoms with Gasteiger partial charge in [-0.25, -0.2) is 0 Å². The first-order valence-electron chi connectivity index (χ1n) is 12.2. The van der Waals surface area contributed by atoms with Crippen LogP contribution in [0.15, 0.2) is 47.3 Å². The highest BCUT2D eigenvalue weighted by Crippen LogP contribution is 2.35. The Kier molecular flexibility index (Phi) is 7.55. The molecule has 1 unspecified atom stereocenters. The quantitative estimate of drug-likeness (QED) is 0.404. The first kappa shape index (κ1) is 25.6. The number of aryl methyl sites for hydroxylation is 1. The molecule has 0 bridgehead atoms. The molecule has 1 aliphatic heterocycles. The number of halogens is 2. The third-order valence-corrected chi connectivity index (χ3v) is 7.12. The van der Waals surface area contributed by atoms with Crippen LogP contribution in [0.1, 0.15) is 45.2 Å². The minimum atomic E-state index is -2.84. The van der Waals surface area contributed by atoms with Crippen LogP contribution in [0, 0.1) is 6.57 Å². The van der Waals surface area contributed by atoms with E-state index in [9.17, 15) is 13.6 Å². The third kappa shape index (κ3) is 4.91. The van der Waals surface area contributed by atoms with Crippen LogP contribution >= 0.6 is 0 Å². The maximum absolute atomic E-state index is 12.8. The zero-order chi connectivity index (χ0) is 26.0. The molecule has 0 radical (unpaired) electrons. The van der Waals surface area contributed by atoms with Gasteiger partial charge in [0.2, 0.25) is 5.52 Å². The van der Waals surface area contributed by atoms with E-state index < -0.39 is 6.61 Å². The average Bonchev–Trinajstić information content (AvgIpc) is 2.87. The number of aromatic nitrogens is 2. The maximum Gasteiger partial charge on any atom is 0.387 e. The second-order valence-corrected chi connectivity index (χ2v) is 9.21. The molecule has 3 heterocycles. The van der Waals surface area contributed by atoms with Crippen molar-refractivity contribution >= 4 is 22.5 Å². The van der Waals surface area contributed by atoms with Crippen molar-refractivity contribution in [2.45, 2.75) is 58.3 Å².